The highest BCUT2D eigenvalue weighted by Crippen LogP contribution is 2.56. The van der Waals surface area contributed by atoms with Crippen LogP contribution in [0.4, 0.5) is 5.69 Å². The predicted molar refractivity (Wildman–Crippen MR) is 101 cm³/mol. The molecule has 1 aliphatic heterocycles. The van der Waals surface area contributed by atoms with Crippen LogP contribution in [-0.2, 0) is 20.8 Å². The van der Waals surface area contributed by atoms with Crippen molar-refractivity contribution in [1.82, 2.24) is 4.90 Å². The van der Waals surface area contributed by atoms with Gasteiger partial charge in [-0.05, 0) is 61.3 Å². The van der Waals surface area contributed by atoms with Crippen molar-refractivity contribution in [2.75, 3.05) is 11.9 Å². The molecule has 0 spiro atoms. The van der Waals surface area contributed by atoms with E-state index in [-0.39, 0.29) is 42.5 Å². The van der Waals surface area contributed by atoms with Crippen molar-refractivity contribution >= 4 is 39.3 Å². The van der Waals surface area contributed by atoms with E-state index in [1.807, 2.05) is 25.1 Å². The minimum Gasteiger partial charge on any atom is -0.326 e. The number of amides is 3. The lowest BCUT2D eigenvalue weighted by Crippen LogP contribution is -2.35. The quantitative estimate of drug-likeness (QED) is 0.745. The SMILES string of the molecule is CCc1cc(Br)ccc1NC(=O)CCN1C(=O)[C@@H]2[C@H]3CC[C@@H](C3)[C@@H]2C1=O. The number of nitrogens with one attached hydrogen (secondary N) is 1. The van der Waals surface area contributed by atoms with Gasteiger partial charge >= 0.3 is 0 Å². The predicted octanol–water partition coefficient (Wildman–Crippen LogP) is 3.37. The molecule has 1 saturated heterocycles. The van der Waals surface area contributed by atoms with E-state index in [0.717, 1.165) is 41.4 Å². The summed E-state index contributed by atoms with van der Waals surface area (Å²) in [5, 5.41) is 2.91. The number of likely N-dealkylation sites (tertiary alicyclic amines) is 1. The molecule has 1 aromatic carbocycles. The number of imide groups is 1. The molecule has 3 fully saturated rings. The van der Waals surface area contributed by atoms with Crippen LogP contribution in [0.5, 0.6) is 0 Å². The molecule has 4 atom stereocenters. The average Bonchev–Trinajstić information content (AvgIpc) is 3.29. The van der Waals surface area contributed by atoms with Crippen molar-refractivity contribution in [3.05, 3.63) is 28.2 Å². The summed E-state index contributed by atoms with van der Waals surface area (Å²) in [5.74, 6) is 0.300. The number of rotatable bonds is 5. The van der Waals surface area contributed by atoms with Crippen LogP contribution < -0.4 is 5.32 Å². The second-order valence-corrected chi connectivity index (χ2v) is 8.58. The molecule has 1 aromatic rings. The van der Waals surface area contributed by atoms with Gasteiger partial charge in [0.2, 0.25) is 17.7 Å². The molecule has 5 nitrogen and oxygen atoms in total. The van der Waals surface area contributed by atoms with Crippen LogP contribution in [0.3, 0.4) is 0 Å². The van der Waals surface area contributed by atoms with E-state index in [2.05, 4.69) is 21.2 Å². The maximum Gasteiger partial charge on any atom is 0.233 e. The first-order chi connectivity index (χ1) is 12.5. The fourth-order valence-corrected chi connectivity index (χ4v) is 5.50. The van der Waals surface area contributed by atoms with Gasteiger partial charge in [0, 0.05) is 23.1 Å². The summed E-state index contributed by atoms with van der Waals surface area (Å²) in [6.45, 7) is 2.22. The third-order valence-electron chi connectivity index (χ3n) is 6.30. The number of aryl methyl sites for hydroxylation is 1. The van der Waals surface area contributed by atoms with E-state index < -0.39 is 0 Å². The molecule has 2 bridgehead atoms. The van der Waals surface area contributed by atoms with E-state index in [1.54, 1.807) is 0 Å². The number of hydrogen-bond acceptors (Lipinski definition) is 3. The monoisotopic (exact) mass is 418 g/mol. The summed E-state index contributed by atoms with van der Waals surface area (Å²) in [7, 11) is 0. The number of nitrogens with zero attached hydrogens (tertiary/aromatic N) is 1. The van der Waals surface area contributed by atoms with Crippen LogP contribution in [0.15, 0.2) is 22.7 Å². The van der Waals surface area contributed by atoms with Gasteiger partial charge < -0.3 is 5.32 Å². The number of benzene rings is 1. The van der Waals surface area contributed by atoms with Crippen LogP contribution in [-0.4, -0.2) is 29.2 Å². The molecule has 1 N–H and O–H groups in total. The molecule has 2 saturated carbocycles. The van der Waals surface area contributed by atoms with Crippen LogP contribution in [0.25, 0.3) is 0 Å². The number of carbonyl (C=O) groups excluding carboxylic acids is 3. The number of hydrogen-bond donors (Lipinski definition) is 1. The molecular formula is C20H23BrN2O3. The number of fused-ring (bicyclic) bond motifs is 5. The first-order valence-corrected chi connectivity index (χ1v) is 10.2. The van der Waals surface area contributed by atoms with Crippen molar-refractivity contribution in [3.8, 4) is 0 Å². The zero-order valence-electron chi connectivity index (χ0n) is 14.8. The Balaban J connectivity index is 1.38. The lowest BCUT2D eigenvalue weighted by atomic mass is 9.81. The Bertz CT molecular complexity index is 750. The van der Waals surface area contributed by atoms with Gasteiger partial charge in [-0.3, -0.25) is 19.3 Å². The molecule has 138 valence electrons. The topological polar surface area (TPSA) is 66.5 Å². The zero-order valence-corrected chi connectivity index (χ0v) is 16.4. The van der Waals surface area contributed by atoms with Gasteiger partial charge in [-0.2, -0.15) is 0 Å². The first-order valence-electron chi connectivity index (χ1n) is 9.43. The molecule has 3 aliphatic rings. The highest BCUT2D eigenvalue weighted by atomic mass is 79.9. The minimum absolute atomic E-state index is 0.0436. The lowest BCUT2D eigenvalue weighted by Gasteiger charge is -2.19. The number of halogens is 1. The van der Waals surface area contributed by atoms with Gasteiger partial charge in [-0.15, -0.1) is 0 Å². The molecule has 0 aromatic heterocycles. The van der Waals surface area contributed by atoms with Gasteiger partial charge in [-0.25, -0.2) is 0 Å². The Morgan fingerprint density at radius 3 is 2.46 bits per heavy atom. The molecule has 0 radical (unpaired) electrons. The molecule has 6 heteroatoms. The fourth-order valence-electron chi connectivity index (χ4n) is 5.09. The van der Waals surface area contributed by atoms with Gasteiger partial charge in [0.25, 0.3) is 0 Å². The lowest BCUT2D eigenvalue weighted by molar-refractivity contribution is -0.140. The van der Waals surface area contributed by atoms with Crippen molar-refractivity contribution in [3.63, 3.8) is 0 Å². The van der Waals surface area contributed by atoms with Gasteiger partial charge in [0.1, 0.15) is 0 Å². The van der Waals surface area contributed by atoms with Gasteiger partial charge in [0.05, 0.1) is 11.8 Å². The first kappa shape index (κ1) is 17.7. The molecule has 4 rings (SSSR count). The largest absolute Gasteiger partial charge is 0.326 e. The standard InChI is InChI=1S/C20H23BrN2O3/c1-2-11-10-14(21)5-6-15(11)22-16(24)7-8-23-19(25)17-12-3-4-13(9-12)18(17)20(23)26/h5-6,10,12-13,17-18H,2-4,7-9H2,1H3,(H,22,24)/t12-,13-,17-,18+/m0/s1. The van der Waals surface area contributed by atoms with Crippen LogP contribution in [0.2, 0.25) is 0 Å². The summed E-state index contributed by atoms with van der Waals surface area (Å²) in [5.41, 5.74) is 1.84. The Labute approximate surface area is 161 Å². The zero-order chi connectivity index (χ0) is 18.4. The molecule has 0 unspecified atom stereocenters. The molecule has 2 aliphatic carbocycles. The number of anilines is 1. The summed E-state index contributed by atoms with van der Waals surface area (Å²) in [6, 6.07) is 5.74. The summed E-state index contributed by atoms with van der Waals surface area (Å²) >= 11 is 3.44. The van der Waals surface area contributed by atoms with Crippen LogP contribution in [0.1, 0.15) is 38.2 Å². The van der Waals surface area contributed by atoms with E-state index in [0.29, 0.717) is 11.8 Å². The fraction of sp³-hybridized carbons (Fsp3) is 0.550. The second-order valence-electron chi connectivity index (χ2n) is 7.67. The van der Waals surface area contributed by atoms with Crippen molar-refractivity contribution < 1.29 is 14.4 Å². The van der Waals surface area contributed by atoms with E-state index >= 15 is 0 Å². The smallest absolute Gasteiger partial charge is 0.233 e. The Kier molecular flexibility index (Phi) is 4.63. The second kappa shape index (κ2) is 6.80. The average molecular weight is 419 g/mol. The Morgan fingerprint density at radius 1 is 1.19 bits per heavy atom. The molecule has 1 heterocycles. The maximum atomic E-state index is 12.7. The Morgan fingerprint density at radius 2 is 1.85 bits per heavy atom. The molecular weight excluding hydrogens is 396 g/mol. The third-order valence-corrected chi connectivity index (χ3v) is 6.80. The normalized spacial score (nSPS) is 29.4. The minimum atomic E-state index is -0.164. The maximum absolute atomic E-state index is 12.7. The third kappa shape index (κ3) is 2.88. The highest BCUT2D eigenvalue weighted by molar-refractivity contribution is 9.10. The van der Waals surface area contributed by atoms with E-state index in [9.17, 15) is 14.4 Å². The van der Waals surface area contributed by atoms with E-state index in [1.165, 1.54) is 4.90 Å². The number of carbonyl (C=O) groups is 3. The Hall–Kier alpha value is -1.69. The van der Waals surface area contributed by atoms with E-state index in [4.69, 9.17) is 0 Å². The van der Waals surface area contributed by atoms with Gasteiger partial charge in [-0.1, -0.05) is 22.9 Å². The van der Waals surface area contributed by atoms with Crippen LogP contribution >= 0.6 is 15.9 Å². The van der Waals surface area contributed by atoms with Crippen molar-refractivity contribution in [1.29, 1.82) is 0 Å². The summed E-state index contributed by atoms with van der Waals surface area (Å²) in [6.07, 6.45) is 4.13. The van der Waals surface area contributed by atoms with Crippen LogP contribution in [0, 0.1) is 23.7 Å². The summed E-state index contributed by atoms with van der Waals surface area (Å²) < 4.78 is 0.974. The highest BCUT2D eigenvalue weighted by Gasteiger charge is 2.60. The molecule has 3 amide bonds. The van der Waals surface area contributed by atoms with Gasteiger partial charge in [0.15, 0.2) is 0 Å². The molecule has 26 heavy (non-hydrogen) atoms. The van der Waals surface area contributed by atoms with Crippen molar-refractivity contribution in [2.45, 2.75) is 39.0 Å². The van der Waals surface area contributed by atoms with Crippen molar-refractivity contribution in [2.24, 2.45) is 23.7 Å². The summed E-state index contributed by atoms with van der Waals surface area (Å²) in [4.78, 5) is 39.0.